The summed E-state index contributed by atoms with van der Waals surface area (Å²) in [7, 11) is -2.02. The molecule has 3 rings (SSSR count). The van der Waals surface area contributed by atoms with E-state index in [1.807, 2.05) is 42.3 Å². The van der Waals surface area contributed by atoms with E-state index in [1.165, 1.54) is 33.0 Å². The van der Waals surface area contributed by atoms with Gasteiger partial charge in [0, 0.05) is 31.6 Å². The number of rotatable bonds is 9. The second-order valence-corrected chi connectivity index (χ2v) is 10.1. The highest BCUT2D eigenvalue weighted by molar-refractivity contribution is 7.87. The third-order valence-corrected chi connectivity index (χ3v) is 7.58. The zero-order valence-corrected chi connectivity index (χ0v) is 19.7. The Bertz CT molecular complexity index is 1010. The van der Waals surface area contributed by atoms with Gasteiger partial charge in [0.05, 0.1) is 5.51 Å². The SMILES string of the molecule is C[C@@H](C(N)=O)N(C(=O)[C@H](Cc1ccccc1)NS(=O)(=O)N1CCN(C)CC1)c1cscn1. The van der Waals surface area contributed by atoms with Crippen molar-refractivity contribution in [2.75, 3.05) is 38.1 Å². The molecule has 1 aliphatic heterocycles. The van der Waals surface area contributed by atoms with Crippen molar-refractivity contribution in [2.24, 2.45) is 5.73 Å². The number of hydrogen-bond donors (Lipinski definition) is 2. The van der Waals surface area contributed by atoms with Crippen LogP contribution in [-0.2, 0) is 26.2 Å². The standard InChI is InChI=1S/C20H28N6O4S2/c1-15(19(21)27)26(18-13-31-14-22-18)20(28)17(12-16-6-4-3-5-7-16)23-32(29,30)25-10-8-24(2)9-11-25/h3-7,13-15,17,23H,8-12H2,1-2H3,(H2,21,27)/t15-,17-/m0/s1. The highest BCUT2D eigenvalue weighted by atomic mass is 32.2. The fourth-order valence-corrected chi connectivity index (χ4v) is 5.30. The number of amides is 2. The van der Waals surface area contributed by atoms with Crippen LogP contribution in [0.1, 0.15) is 12.5 Å². The Balaban J connectivity index is 1.92. The molecule has 1 aliphatic rings. The maximum atomic E-state index is 13.6. The second kappa shape index (κ2) is 10.5. The van der Waals surface area contributed by atoms with E-state index < -0.39 is 34.1 Å². The van der Waals surface area contributed by atoms with E-state index in [-0.39, 0.29) is 12.2 Å². The van der Waals surface area contributed by atoms with Crippen molar-refractivity contribution in [2.45, 2.75) is 25.4 Å². The average Bonchev–Trinajstić information content (AvgIpc) is 3.28. The quantitative estimate of drug-likeness (QED) is 0.522. The van der Waals surface area contributed by atoms with Gasteiger partial charge in [-0.05, 0) is 26.0 Å². The van der Waals surface area contributed by atoms with Crippen molar-refractivity contribution in [1.82, 2.24) is 18.9 Å². The molecule has 2 aromatic rings. The van der Waals surface area contributed by atoms with E-state index in [1.54, 1.807) is 5.38 Å². The number of carbonyl (C=O) groups excluding carboxylic acids is 2. The van der Waals surface area contributed by atoms with Crippen LogP contribution in [0.15, 0.2) is 41.2 Å². The predicted molar refractivity (Wildman–Crippen MR) is 123 cm³/mol. The van der Waals surface area contributed by atoms with Crippen LogP contribution in [0.3, 0.4) is 0 Å². The second-order valence-electron chi connectivity index (χ2n) is 7.70. The summed E-state index contributed by atoms with van der Waals surface area (Å²) in [5, 5.41) is 1.62. The van der Waals surface area contributed by atoms with E-state index in [0.29, 0.717) is 26.2 Å². The maximum Gasteiger partial charge on any atom is 0.280 e. The van der Waals surface area contributed by atoms with Gasteiger partial charge in [0.2, 0.25) is 11.8 Å². The first-order valence-electron chi connectivity index (χ1n) is 10.2. The monoisotopic (exact) mass is 480 g/mol. The number of anilines is 1. The smallest absolute Gasteiger partial charge is 0.280 e. The molecule has 12 heteroatoms. The first-order chi connectivity index (χ1) is 15.2. The lowest BCUT2D eigenvalue weighted by atomic mass is 10.0. The van der Waals surface area contributed by atoms with Crippen molar-refractivity contribution in [1.29, 1.82) is 0 Å². The molecule has 2 amide bonds. The van der Waals surface area contributed by atoms with Crippen molar-refractivity contribution in [3.8, 4) is 0 Å². The molecule has 2 heterocycles. The predicted octanol–water partition coefficient (Wildman–Crippen LogP) is 0.0430. The van der Waals surface area contributed by atoms with E-state index in [4.69, 9.17) is 5.73 Å². The largest absolute Gasteiger partial charge is 0.368 e. The number of hydrogen-bond acceptors (Lipinski definition) is 7. The number of thiazole rings is 1. The minimum Gasteiger partial charge on any atom is -0.368 e. The number of nitrogens with two attached hydrogens (primary N) is 1. The molecule has 1 saturated heterocycles. The van der Waals surface area contributed by atoms with Crippen LogP contribution < -0.4 is 15.4 Å². The molecular formula is C20H28N6O4S2. The molecule has 174 valence electrons. The van der Waals surface area contributed by atoms with Gasteiger partial charge in [0.1, 0.15) is 17.9 Å². The summed E-state index contributed by atoms with van der Waals surface area (Å²) in [4.78, 5) is 32.9. The number of nitrogens with zero attached hydrogens (tertiary/aromatic N) is 4. The normalized spacial score (nSPS) is 17.6. The molecule has 10 nitrogen and oxygen atoms in total. The Labute approximate surface area is 192 Å². The minimum absolute atomic E-state index is 0.110. The zero-order chi connectivity index (χ0) is 23.3. The van der Waals surface area contributed by atoms with Crippen molar-refractivity contribution in [3.63, 3.8) is 0 Å². The summed E-state index contributed by atoms with van der Waals surface area (Å²) in [6.45, 7) is 3.34. The molecular weight excluding hydrogens is 452 g/mol. The van der Waals surface area contributed by atoms with Crippen LogP contribution in [-0.4, -0.2) is 79.7 Å². The number of benzene rings is 1. The molecule has 0 spiro atoms. The highest BCUT2D eigenvalue weighted by Crippen LogP contribution is 2.20. The maximum absolute atomic E-state index is 13.6. The molecule has 32 heavy (non-hydrogen) atoms. The van der Waals surface area contributed by atoms with Crippen LogP contribution in [0.2, 0.25) is 0 Å². The van der Waals surface area contributed by atoms with Crippen LogP contribution in [0.25, 0.3) is 0 Å². The van der Waals surface area contributed by atoms with E-state index in [9.17, 15) is 18.0 Å². The number of carbonyl (C=O) groups is 2. The molecule has 0 saturated carbocycles. The lowest BCUT2D eigenvalue weighted by Crippen LogP contribution is -2.58. The van der Waals surface area contributed by atoms with Crippen molar-refractivity contribution >= 4 is 39.2 Å². The van der Waals surface area contributed by atoms with Crippen LogP contribution >= 0.6 is 11.3 Å². The molecule has 0 bridgehead atoms. The summed E-state index contributed by atoms with van der Waals surface area (Å²) < 4.78 is 30.2. The number of likely N-dealkylation sites (N-methyl/N-ethyl adjacent to an activating group) is 1. The van der Waals surface area contributed by atoms with Gasteiger partial charge in [-0.25, -0.2) is 4.98 Å². The van der Waals surface area contributed by atoms with Gasteiger partial charge >= 0.3 is 0 Å². The van der Waals surface area contributed by atoms with Gasteiger partial charge in [-0.15, -0.1) is 11.3 Å². The van der Waals surface area contributed by atoms with Gasteiger partial charge in [0.25, 0.3) is 10.2 Å². The van der Waals surface area contributed by atoms with Crippen LogP contribution in [0, 0.1) is 0 Å². The van der Waals surface area contributed by atoms with E-state index in [2.05, 4.69) is 9.71 Å². The van der Waals surface area contributed by atoms with Crippen molar-refractivity contribution < 1.29 is 18.0 Å². The Morgan fingerprint density at radius 1 is 1.22 bits per heavy atom. The third-order valence-electron chi connectivity index (χ3n) is 5.38. The first kappa shape index (κ1) is 24.3. The molecule has 0 aliphatic carbocycles. The number of aromatic nitrogens is 1. The minimum atomic E-state index is -3.94. The van der Waals surface area contributed by atoms with Gasteiger partial charge in [-0.2, -0.15) is 17.4 Å². The average molecular weight is 481 g/mol. The van der Waals surface area contributed by atoms with Gasteiger partial charge < -0.3 is 10.6 Å². The number of nitrogens with one attached hydrogen (secondary N) is 1. The number of primary amides is 1. The summed E-state index contributed by atoms with van der Waals surface area (Å²) >= 11 is 1.26. The highest BCUT2D eigenvalue weighted by Gasteiger charge is 2.36. The van der Waals surface area contributed by atoms with Crippen molar-refractivity contribution in [3.05, 3.63) is 46.8 Å². The molecule has 3 N–H and O–H groups in total. The third kappa shape index (κ3) is 5.90. The number of piperazine rings is 1. The van der Waals surface area contributed by atoms with E-state index in [0.717, 1.165) is 5.56 Å². The van der Waals surface area contributed by atoms with Gasteiger partial charge in [-0.1, -0.05) is 30.3 Å². The fraction of sp³-hybridized carbons (Fsp3) is 0.450. The summed E-state index contributed by atoms with van der Waals surface area (Å²) in [5.41, 5.74) is 7.79. The Morgan fingerprint density at radius 3 is 2.44 bits per heavy atom. The first-order valence-corrected chi connectivity index (χ1v) is 12.6. The van der Waals surface area contributed by atoms with Gasteiger partial charge in [-0.3, -0.25) is 14.5 Å². The summed E-state index contributed by atoms with van der Waals surface area (Å²) in [5.74, 6) is -1.06. The Morgan fingerprint density at radius 2 is 1.88 bits per heavy atom. The van der Waals surface area contributed by atoms with E-state index >= 15 is 0 Å². The summed E-state index contributed by atoms with van der Waals surface area (Å²) in [6.07, 6.45) is 0.110. The molecule has 1 aromatic carbocycles. The fourth-order valence-electron chi connectivity index (χ4n) is 3.43. The summed E-state index contributed by atoms with van der Waals surface area (Å²) in [6, 6.07) is 6.95. The zero-order valence-electron chi connectivity index (χ0n) is 18.0. The molecule has 1 fully saturated rings. The molecule has 1 aromatic heterocycles. The molecule has 0 radical (unpaired) electrons. The Hall–Kier alpha value is -2.38. The lowest BCUT2D eigenvalue weighted by molar-refractivity contribution is -0.125. The lowest BCUT2D eigenvalue weighted by Gasteiger charge is -2.34. The van der Waals surface area contributed by atoms with Gasteiger partial charge in [0.15, 0.2) is 0 Å². The molecule has 0 unspecified atom stereocenters. The molecule has 2 atom stereocenters. The van der Waals surface area contributed by atoms with Crippen LogP contribution in [0.5, 0.6) is 0 Å². The van der Waals surface area contributed by atoms with Crippen LogP contribution in [0.4, 0.5) is 5.82 Å². The Kier molecular flexibility index (Phi) is 7.96. The topological polar surface area (TPSA) is 129 Å².